The molecule has 0 unspecified atom stereocenters. The van der Waals surface area contributed by atoms with E-state index in [0.29, 0.717) is 34.2 Å². The molecule has 0 aliphatic heterocycles. The number of carbonyl (C=O) groups is 3. The molecule has 0 radical (unpaired) electrons. The number of ketones is 1. The molecule has 0 aliphatic carbocycles. The third-order valence-electron chi connectivity index (χ3n) is 5.61. The third kappa shape index (κ3) is 8.70. The maximum Gasteiger partial charge on any atom is 0.258 e. The number of aromatic nitrogens is 1. The fraction of sp³-hybridized carbons (Fsp3) is 0.286. The second-order valence-electron chi connectivity index (χ2n) is 8.88. The Bertz CT molecular complexity index is 1230. The first-order valence-electron chi connectivity index (χ1n) is 12.1. The van der Waals surface area contributed by atoms with Crippen LogP contribution >= 0.6 is 11.6 Å². The van der Waals surface area contributed by atoms with Gasteiger partial charge in [0.05, 0.1) is 29.4 Å². The largest absolute Gasteiger partial charge is 0.378 e. The molecule has 2 amide bonds. The number of carbonyl (C=O) groups excluding carboxylic acids is 3. The van der Waals surface area contributed by atoms with Crippen molar-refractivity contribution < 1.29 is 14.4 Å². The van der Waals surface area contributed by atoms with Gasteiger partial charge in [0.1, 0.15) is 5.82 Å². The zero-order valence-corrected chi connectivity index (χ0v) is 22.1. The van der Waals surface area contributed by atoms with Gasteiger partial charge in [-0.3, -0.25) is 19.3 Å². The Balaban J connectivity index is 1.60. The highest BCUT2D eigenvalue weighted by atomic mass is 35.5. The number of unbranched alkanes of at least 4 members (excludes halogenated alkanes) is 1. The summed E-state index contributed by atoms with van der Waals surface area (Å²) in [4.78, 5) is 44.1. The van der Waals surface area contributed by atoms with E-state index >= 15 is 0 Å². The second-order valence-corrected chi connectivity index (χ2v) is 9.32. The van der Waals surface area contributed by atoms with E-state index in [1.54, 1.807) is 48.5 Å². The van der Waals surface area contributed by atoms with Gasteiger partial charge in [-0.1, -0.05) is 36.6 Å². The van der Waals surface area contributed by atoms with Gasteiger partial charge in [0.2, 0.25) is 0 Å². The number of amides is 2. The molecule has 1 heterocycles. The van der Waals surface area contributed by atoms with Crippen LogP contribution in [-0.2, 0) is 4.79 Å². The Labute approximate surface area is 222 Å². The van der Waals surface area contributed by atoms with Crippen LogP contribution in [0.25, 0.3) is 0 Å². The Morgan fingerprint density at radius 2 is 1.73 bits per heavy atom. The Morgan fingerprint density at radius 1 is 0.973 bits per heavy atom. The zero-order valence-electron chi connectivity index (χ0n) is 21.3. The van der Waals surface area contributed by atoms with Crippen molar-refractivity contribution in [1.29, 1.82) is 0 Å². The topological polar surface area (TPSA) is 103 Å². The normalized spacial score (nSPS) is 10.7. The van der Waals surface area contributed by atoms with Gasteiger partial charge in [0.15, 0.2) is 5.78 Å². The smallest absolute Gasteiger partial charge is 0.258 e. The van der Waals surface area contributed by atoms with Gasteiger partial charge in [0, 0.05) is 17.4 Å². The highest BCUT2D eigenvalue weighted by Crippen LogP contribution is 2.21. The molecule has 8 nitrogen and oxygen atoms in total. The summed E-state index contributed by atoms with van der Waals surface area (Å²) in [6, 6.07) is 15.3. The van der Waals surface area contributed by atoms with E-state index in [2.05, 4.69) is 27.9 Å². The van der Waals surface area contributed by atoms with Gasteiger partial charge < -0.3 is 16.0 Å². The standard InChI is InChI=1S/C28H32ClN5O3/c1-4-5-14-34(3)18-23(35)17-30-22-10-7-20(8-11-22)27(36)32-25-12-6-19(2)15-24(25)28(37)33-26-13-9-21(29)16-31-26/h6-13,15-16,30H,4-5,14,17-18H2,1-3H3,(H,32,36)(H,31,33,37). The van der Waals surface area contributed by atoms with Crippen molar-refractivity contribution in [3.8, 4) is 0 Å². The second kappa shape index (κ2) is 13.5. The Kier molecular flexibility index (Phi) is 10.2. The minimum Gasteiger partial charge on any atom is -0.378 e. The molecule has 9 heteroatoms. The lowest BCUT2D eigenvalue weighted by Gasteiger charge is -2.15. The summed E-state index contributed by atoms with van der Waals surface area (Å²) in [5.41, 5.74) is 2.72. The van der Waals surface area contributed by atoms with Crippen LogP contribution in [0.4, 0.5) is 17.2 Å². The quantitative estimate of drug-likeness (QED) is 0.300. The van der Waals surface area contributed by atoms with Crippen LogP contribution in [0.2, 0.25) is 5.02 Å². The summed E-state index contributed by atoms with van der Waals surface area (Å²) in [6.45, 7) is 5.50. The number of aryl methyl sites for hydroxylation is 1. The first kappa shape index (κ1) is 27.8. The number of nitrogens with one attached hydrogen (secondary N) is 3. The number of benzene rings is 2. The van der Waals surface area contributed by atoms with E-state index < -0.39 is 5.91 Å². The monoisotopic (exact) mass is 521 g/mol. The molecular formula is C28H32ClN5O3. The average Bonchev–Trinajstić information content (AvgIpc) is 2.88. The molecule has 194 valence electrons. The lowest BCUT2D eigenvalue weighted by molar-refractivity contribution is -0.118. The van der Waals surface area contributed by atoms with Gasteiger partial charge in [-0.15, -0.1) is 0 Å². The van der Waals surface area contributed by atoms with Gasteiger partial charge in [-0.05, 0) is 75.5 Å². The van der Waals surface area contributed by atoms with E-state index in [1.807, 2.05) is 24.9 Å². The Morgan fingerprint density at radius 3 is 2.41 bits per heavy atom. The molecule has 37 heavy (non-hydrogen) atoms. The van der Waals surface area contributed by atoms with Crippen LogP contribution < -0.4 is 16.0 Å². The number of halogens is 1. The summed E-state index contributed by atoms with van der Waals surface area (Å²) >= 11 is 5.86. The van der Waals surface area contributed by atoms with Crippen LogP contribution in [-0.4, -0.2) is 54.2 Å². The lowest BCUT2D eigenvalue weighted by atomic mass is 10.1. The van der Waals surface area contributed by atoms with Crippen molar-refractivity contribution in [3.05, 3.63) is 82.5 Å². The van der Waals surface area contributed by atoms with Crippen LogP contribution in [0.15, 0.2) is 60.8 Å². The van der Waals surface area contributed by atoms with Gasteiger partial charge in [-0.2, -0.15) is 0 Å². The fourth-order valence-corrected chi connectivity index (χ4v) is 3.70. The number of likely N-dealkylation sites (N-methyl/N-ethyl adjacent to an activating group) is 1. The molecule has 0 spiro atoms. The molecule has 2 aromatic carbocycles. The molecule has 3 N–H and O–H groups in total. The van der Waals surface area contributed by atoms with Gasteiger partial charge >= 0.3 is 0 Å². The Hall–Kier alpha value is -3.75. The molecule has 3 aromatic rings. The van der Waals surface area contributed by atoms with Crippen molar-refractivity contribution >= 4 is 46.4 Å². The van der Waals surface area contributed by atoms with Crippen LogP contribution in [0.3, 0.4) is 0 Å². The molecular weight excluding hydrogens is 490 g/mol. The first-order valence-corrected chi connectivity index (χ1v) is 12.5. The molecule has 0 atom stereocenters. The maximum absolute atomic E-state index is 12.9. The number of Topliss-reactive ketones (excluding diaryl/α,β-unsaturated/α-hetero) is 1. The molecule has 0 fully saturated rings. The number of pyridine rings is 1. The molecule has 0 saturated carbocycles. The van der Waals surface area contributed by atoms with Crippen molar-refractivity contribution in [2.24, 2.45) is 0 Å². The van der Waals surface area contributed by atoms with E-state index in [0.717, 1.165) is 30.6 Å². The molecule has 0 bridgehead atoms. The summed E-state index contributed by atoms with van der Waals surface area (Å²) < 4.78 is 0. The lowest BCUT2D eigenvalue weighted by Crippen LogP contribution is -2.30. The summed E-state index contributed by atoms with van der Waals surface area (Å²) in [5.74, 6) is -0.317. The van der Waals surface area contributed by atoms with Crippen molar-refractivity contribution in [2.45, 2.75) is 26.7 Å². The molecule has 0 aliphatic rings. The first-order chi connectivity index (χ1) is 17.7. The zero-order chi connectivity index (χ0) is 26.8. The van der Waals surface area contributed by atoms with E-state index in [1.165, 1.54) is 6.20 Å². The highest BCUT2D eigenvalue weighted by Gasteiger charge is 2.16. The van der Waals surface area contributed by atoms with Crippen molar-refractivity contribution in [2.75, 3.05) is 42.6 Å². The predicted octanol–water partition coefficient (Wildman–Crippen LogP) is 5.26. The molecule has 3 rings (SSSR count). The van der Waals surface area contributed by atoms with Gasteiger partial charge in [-0.25, -0.2) is 4.98 Å². The highest BCUT2D eigenvalue weighted by molar-refractivity contribution is 6.30. The summed E-state index contributed by atoms with van der Waals surface area (Å²) in [7, 11) is 1.94. The van der Waals surface area contributed by atoms with E-state index in [4.69, 9.17) is 11.6 Å². The molecule has 1 aromatic heterocycles. The number of hydrogen-bond donors (Lipinski definition) is 3. The van der Waals surface area contributed by atoms with E-state index in [9.17, 15) is 14.4 Å². The maximum atomic E-state index is 12.9. The summed E-state index contributed by atoms with van der Waals surface area (Å²) in [6.07, 6.45) is 3.60. The average molecular weight is 522 g/mol. The van der Waals surface area contributed by atoms with Crippen LogP contribution in [0.1, 0.15) is 46.0 Å². The van der Waals surface area contributed by atoms with Gasteiger partial charge in [0.25, 0.3) is 11.8 Å². The summed E-state index contributed by atoms with van der Waals surface area (Å²) in [5, 5.41) is 9.10. The van der Waals surface area contributed by atoms with Crippen molar-refractivity contribution in [1.82, 2.24) is 9.88 Å². The van der Waals surface area contributed by atoms with E-state index in [-0.39, 0.29) is 18.2 Å². The minimum atomic E-state index is -0.404. The molecule has 0 saturated heterocycles. The fourth-order valence-electron chi connectivity index (χ4n) is 3.59. The number of rotatable bonds is 12. The van der Waals surface area contributed by atoms with Crippen molar-refractivity contribution in [3.63, 3.8) is 0 Å². The number of hydrogen-bond acceptors (Lipinski definition) is 6. The number of nitrogens with zero attached hydrogens (tertiary/aromatic N) is 2. The van der Waals surface area contributed by atoms with Crippen LogP contribution in [0.5, 0.6) is 0 Å². The minimum absolute atomic E-state index is 0.0967. The SMILES string of the molecule is CCCCN(C)CC(=O)CNc1ccc(C(=O)Nc2ccc(C)cc2C(=O)Nc2ccc(Cl)cn2)cc1. The third-order valence-corrected chi connectivity index (χ3v) is 5.84. The number of anilines is 3. The predicted molar refractivity (Wildman–Crippen MR) is 149 cm³/mol. The van der Waals surface area contributed by atoms with Crippen LogP contribution in [0, 0.1) is 6.92 Å².